The van der Waals surface area contributed by atoms with Gasteiger partial charge in [0.25, 0.3) is 5.91 Å². The van der Waals surface area contributed by atoms with Crippen molar-refractivity contribution in [2.24, 2.45) is 0 Å². The average Bonchev–Trinajstić information content (AvgIpc) is 2.25. The van der Waals surface area contributed by atoms with Gasteiger partial charge in [0.05, 0.1) is 5.56 Å². The van der Waals surface area contributed by atoms with Crippen LogP contribution in [0.25, 0.3) is 0 Å². The van der Waals surface area contributed by atoms with Gasteiger partial charge in [0.1, 0.15) is 0 Å². The van der Waals surface area contributed by atoms with Gasteiger partial charge in [0.15, 0.2) is 0 Å². The van der Waals surface area contributed by atoms with Crippen molar-refractivity contribution >= 4 is 27.5 Å². The Kier molecular flexibility index (Phi) is 4.76. The highest BCUT2D eigenvalue weighted by Crippen LogP contribution is 2.18. The summed E-state index contributed by atoms with van der Waals surface area (Å²) in [5, 5.41) is 2.90. The lowest BCUT2D eigenvalue weighted by molar-refractivity contribution is 0.0920. The molecule has 0 bridgehead atoms. The van der Waals surface area contributed by atoms with Crippen LogP contribution in [0.1, 0.15) is 24.2 Å². The first kappa shape index (κ1) is 15.0. The number of likely N-dealkylation sites (N-methyl/N-ethyl adjacent to an activating group) is 1. The third kappa shape index (κ3) is 3.71. The van der Waals surface area contributed by atoms with Crippen LogP contribution in [0.2, 0.25) is 0 Å². The molecule has 18 heavy (non-hydrogen) atoms. The van der Waals surface area contributed by atoms with Crippen molar-refractivity contribution in [1.29, 1.82) is 0 Å². The van der Waals surface area contributed by atoms with Crippen molar-refractivity contribution in [3.05, 3.63) is 28.2 Å². The number of hydrogen-bond acceptors (Lipinski definition) is 3. The standard InChI is InChI=1S/C13H20BrN3O/c1-13(2,17(3)4)8-16-12(18)10-6-5-9(14)7-11(10)15/h5-7H,8,15H2,1-4H3,(H,16,18). The van der Waals surface area contributed by atoms with Gasteiger partial charge in [0, 0.05) is 22.2 Å². The lowest BCUT2D eigenvalue weighted by Crippen LogP contribution is -2.48. The van der Waals surface area contributed by atoms with Crippen LogP contribution in [-0.2, 0) is 0 Å². The van der Waals surface area contributed by atoms with Crippen LogP contribution in [0.15, 0.2) is 22.7 Å². The Bertz CT molecular complexity index is 444. The number of anilines is 1. The van der Waals surface area contributed by atoms with Crippen LogP contribution in [0.3, 0.4) is 0 Å². The first-order valence-corrected chi connectivity index (χ1v) is 6.54. The quantitative estimate of drug-likeness (QED) is 0.837. The number of nitrogens with zero attached hydrogens (tertiary/aromatic N) is 1. The van der Waals surface area contributed by atoms with Crippen LogP contribution in [-0.4, -0.2) is 37.0 Å². The van der Waals surface area contributed by atoms with E-state index in [1.807, 2.05) is 20.2 Å². The lowest BCUT2D eigenvalue weighted by Gasteiger charge is -2.32. The number of nitrogens with one attached hydrogen (secondary N) is 1. The number of rotatable bonds is 4. The molecule has 1 rings (SSSR count). The summed E-state index contributed by atoms with van der Waals surface area (Å²) in [7, 11) is 3.97. The molecule has 0 aliphatic rings. The van der Waals surface area contributed by atoms with Gasteiger partial charge in [-0.3, -0.25) is 4.79 Å². The molecule has 0 fully saturated rings. The van der Waals surface area contributed by atoms with Crippen molar-refractivity contribution in [1.82, 2.24) is 10.2 Å². The topological polar surface area (TPSA) is 58.4 Å². The molecule has 0 aliphatic carbocycles. The number of nitrogen functional groups attached to an aromatic ring is 1. The molecule has 1 amide bonds. The minimum Gasteiger partial charge on any atom is -0.398 e. The molecule has 0 saturated heterocycles. The van der Waals surface area contributed by atoms with Crippen molar-refractivity contribution in [3.63, 3.8) is 0 Å². The van der Waals surface area contributed by atoms with Crippen LogP contribution < -0.4 is 11.1 Å². The van der Waals surface area contributed by atoms with E-state index in [0.717, 1.165) is 4.47 Å². The number of carbonyl (C=O) groups is 1. The summed E-state index contributed by atoms with van der Waals surface area (Å²) < 4.78 is 0.866. The molecule has 0 heterocycles. The summed E-state index contributed by atoms with van der Waals surface area (Å²) in [6.07, 6.45) is 0. The highest BCUT2D eigenvalue weighted by molar-refractivity contribution is 9.10. The molecule has 0 atom stereocenters. The van der Waals surface area contributed by atoms with Gasteiger partial charge in [-0.05, 0) is 46.1 Å². The third-order valence-electron chi connectivity index (χ3n) is 3.15. The lowest BCUT2D eigenvalue weighted by atomic mass is 10.0. The number of amides is 1. The third-order valence-corrected chi connectivity index (χ3v) is 3.64. The zero-order valence-corrected chi connectivity index (χ0v) is 12.8. The van der Waals surface area contributed by atoms with Crippen LogP contribution in [0, 0.1) is 0 Å². The molecule has 5 heteroatoms. The van der Waals surface area contributed by atoms with Gasteiger partial charge < -0.3 is 16.0 Å². The maximum Gasteiger partial charge on any atom is 0.253 e. The van der Waals surface area contributed by atoms with Gasteiger partial charge in [0.2, 0.25) is 0 Å². The van der Waals surface area contributed by atoms with Crippen molar-refractivity contribution in [2.75, 3.05) is 26.4 Å². The largest absolute Gasteiger partial charge is 0.398 e. The van der Waals surface area contributed by atoms with E-state index in [-0.39, 0.29) is 11.4 Å². The second-order valence-electron chi connectivity index (χ2n) is 5.12. The van der Waals surface area contributed by atoms with Gasteiger partial charge in [-0.25, -0.2) is 0 Å². The van der Waals surface area contributed by atoms with Gasteiger partial charge in [-0.2, -0.15) is 0 Å². The second-order valence-corrected chi connectivity index (χ2v) is 6.04. The maximum absolute atomic E-state index is 12.0. The molecule has 0 unspecified atom stereocenters. The van der Waals surface area contributed by atoms with E-state index in [9.17, 15) is 4.79 Å². The fourth-order valence-electron chi connectivity index (χ4n) is 1.29. The first-order chi connectivity index (χ1) is 8.24. The Morgan fingerprint density at radius 1 is 1.44 bits per heavy atom. The molecule has 3 N–H and O–H groups in total. The Morgan fingerprint density at radius 2 is 2.06 bits per heavy atom. The Labute approximate surface area is 117 Å². The molecule has 0 aromatic heterocycles. The number of carbonyl (C=O) groups excluding carboxylic acids is 1. The van der Waals surface area contributed by atoms with Crippen molar-refractivity contribution in [3.8, 4) is 0 Å². The van der Waals surface area contributed by atoms with E-state index in [0.29, 0.717) is 17.8 Å². The molecule has 1 aromatic carbocycles. The zero-order valence-electron chi connectivity index (χ0n) is 11.2. The average molecular weight is 314 g/mol. The molecule has 0 aliphatic heterocycles. The highest BCUT2D eigenvalue weighted by atomic mass is 79.9. The number of nitrogens with two attached hydrogens (primary N) is 1. The summed E-state index contributed by atoms with van der Waals surface area (Å²) in [6, 6.07) is 5.26. The monoisotopic (exact) mass is 313 g/mol. The summed E-state index contributed by atoms with van der Waals surface area (Å²) in [5.74, 6) is -0.144. The summed E-state index contributed by atoms with van der Waals surface area (Å²) >= 11 is 3.32. The Morgan fingerprint density at radius 3 is 2.56 bits per heavy atom. The van der Waals surface area contributed by atoms with Gasteiger partial charge in [-0.1, -0.05) is 15.9 Å². The molecule has 100 valence electrons. The molecular weight excluding hydrogens is 294 g/mol. The maximum atomic E-state index is 12.0. The second kappa shape index (κ2) is 5.71. The molecule has 0 radical (unpaired) electrons. The van der Waals surface area contributed by atoms with E-state index >= 15 is 0 Å². The van der Waals surface area contributed by atoms with E-state index in [1.54, 1.807) is 12.1 Å². The minimum atomic E-state index is -0.144. The zero-order chi connectivity index (χ0) is 13.9. The molecule has 4 nitrogen and oxygen atoms in total. The van der Waals surface area contributed by atoms with E-state index in [1.165, 1.54) is 0 Å². The first-order valence-electron chi connectivity index (χ1n) is 5.74. The minimum absolute atomic E-state index is 0.0974. The Hall–Kier alpha value is -1.07. The molecule has 1 aromatic rings. The number of benzene rings is 1. The van der Waals surface area contributed by atoms with Gasteiger partial charge >= 0.3 is 0 Å². The highest BCUT2D eigenvalue weighted by Gasteiger charge is 2.21. The normalized spacial score (nSPS) is 11.7. The SMILES string of the molecule is CN(C)C(C)(C)CNC(=O)c1ccc(Br)cc1N. The summed E-state index contributed by atoms with van der Waals surface area (Å²) in [6.45, 7) is 4.70. The number of hydrogen-bond donors (Lipinski definition) is 2. The summed E-state index contributed by atoms with van der Waals surface area (Å²) in [4.78, 5) is 14.1. The van der Waals surface area contributed by atoms with E-state index in [4.69, 9.17) is 5.73 Å². The van der Waals surface area contributed by atoms with Crippen LogP contribution >= 0.6 is 15.9 Å². The smallest absolute Gasteiger partial charge is 0.253 e. The van der Waals surface area contributed by atoms with Crippen LogP contribution in [0.4, 0.5) is 5.69 Å². The van der Waals surface area contributed by atoms with E-state index in [2.05, 4.69) is 40.0 Å². The van der Waals surface area contributed by atoms with Gasteiger partial charge in [-0.15, -0.1) is 0 Å². The van der Waals surface area contributed by atoms with Crippen LogP contribution in [0.5, 0.6) is 0 Å². The molecule has 0 spiro atoms. The fraction of sp³-hybridized carbons (Fsp3) is 0.462. The Balaban J connectivity index is 2.72. The van der Waals surface area contributed by atoms with E-state index < -0.39 is 0 Å². The fourth-order valence-corrected chi connectivity index (χ4v) is 1.67. The summed E-state index contributed by atoms with van der Waals surface area (Å²) in [5.41, 5.74) is 6.71. The molecular formula is C13H20BrN3O. The predicted octanol–water partition coefficient (Wildman–Crippen LogP) is 2.10. The number of halogens is 1. The molecule has 0 saturated carbocycles. The van der Waals surface area contributed by atoms with Crippen molar-refractivity contribution < 1.29 is 4.79 Å². The predicted molar refractivity (Wildman–Crippen MR) is 78.7 cm³/mol. The van der Waals surface area contributed by atoms with Crippen molar-refractivity contribution in [2.45, 2.75) is 19.4 Å².